The van der Waals surface area contributed by atoms with Crippen molar-refractivity contribution in [1.82, 2.24) is 0 Å². The second-order valence-corrected chi connectivity index (χ2v) is 5.41. The van der Waals surface area contributed by atoms with Crippen LogP contribution in [-0.4, -0.2) is 19.8 Å². The van der Waals surface area contributed by atoms with Crippen LogP contribution in [0.25, 0.3) is 0 Å². The number of carbonyl (C=O) groups excluding carboxylic acids is 1. The third-order valence-corrected chi connectivity index (χ3v) is 3.93. The van der Waals surface area contributed by atoms with E-state index >= 15 is 0 Å². The normalized spacial score (nSPS) is 14.9. The van der Waals surface area contributed by atoms with Gasteiger partial charge in [-0.2, -0.15) is 0 Å². The van der Waals surface area contributed by atoms with Gasteiger partial charge in [-0.15, -0.1) is 0 Å². The number of hydrogen-bond acceptors (Lipinski definition) is 5. The predicted octanol–water partition coefficient (Wildman–Crippen LogP) is 2.24. The Morgan fingerprint density at radius 2 is 1.87 bits per heavy atom. The van der Waals surface area contributed by atoms with Crippen LogP contribution in [0.2, 0.25) is 0 Å². The monoisotopic (exact) mass is 314 g/mol. The van der Waals surface area contributed by atoms with Crippen molar-refractivity contribution in [2.75, 3.05) is 19.2 Å². The van der Waals surface area contributed by atoms with E-state index in [1.54, 1.807) is 38.3 Å². The molecule has 0 aromatic heterocycles. The molecule has 23 heavy (non-hydrogen) atoms. The van der Waals surface area contributed by atoms with Crippen molar-refractivity contribution in [1.29, 1.82) is 0 Å². The quantitative estimate of drug-likeness (QED) is 0.884. The third-order valence-electron chi connectivity index (χ3n) is 3.93. The number of methoxy groups -OCH3 is 1. The van der Waals surface area contributed by atoms with Crippen molar-refractivity contribution < 1.29 is 19.0 Å². The fraction of sp³-hybridized carbons (Fsp3) is 0.235. The van der Waals surface area contributed by atoms with Gasteiger partial charge in [-0.25, -0.2) is 0 Å². The van der Waals surface area contributed by atoms with Gasteiger partial charge in [0.05, 0.1) is 7.11 Å². The standard InChI is InChI=1S/C17H18N2O4/c1-17(16(18)20,11-3-6-13(21-2)7-4-11)19-12-5-8-14-15(9-12)23-10-22-14/h3-9,19H,10H2,1-2H3,(H2,18,20)/t17-/m0/s1. The lowest BCUT2D eigenvalue weighted by Crippen LogP contribution is -2.45. The van der Waals surface area contributed by atoms with Gasteiger partial charge in [-0.3, -0.25) is 4.79 Å². The third kappa shape index (κ3) is 2.75. The van der Waals surface area contributed by atoms with Crippen LogP contribution in [0, 0.1) is 0 Å². The molecule has 0 fully saturated rings. The second-order valence-electron chi connectivity index (χ2n) is 5.41. The Hall–Kier alpha value is -2.89. The zero-order valence-corrected chi connectivity index (χ0v) is 13.0. The topological polar surface area (TPSA) is 82.8 Å². The van der Waals surface area contributed by atoms with Gasteiger partial charge in [0.1, 0.15) is 11.3 Å². The lowest BCUT2D eigenvalue weighted by atomic mass is 9.90. The van der Waals surface area contributed by atoms with Crippen molar-refractivity contribution in [2.45, 2.75) is 12.5 Å². The molecular weight excluding hydrogens is 296 g/mol. The lowest BCUT2D eigenvalue weighted by Gasteiger charge is -2.29. The first-order valence-corrected chi connectivity index (χ1v) is 7.15. The molecular formula is C17H18N2O4. The minimum atomic E-state index is -1.07. The Bertz CT molecular complexity index is 730. The van der Waals surface area contributed by atoms with Gasteiger partial charge in [0.2, 0.25) is 12.7 Å². The first-order valence-electron chi connectivity index (χ1n) is 7.15. The molecule has 120 valence electrons. The molecule has 1 amide bonds. The minimum Gasteiger partial charge on any atom is -0.497 e. The molecule has 1 atom stereocenters. The molecule has 0 aliphatic carbocycles. The van der Waals surface area contributed by atoms with Crippen LogP contribution in [0.4, 0.5) is 5.69 Å². The molecule has 0 spiro atoms. The summed E-state index contributed by atoms with van der Waals surface area (Å²) in [4.78, 5) is 12.1. The number of anilines is 1. The van der Waals surface area contributed by atoms with E-state index in [-0.39, 0.29) is 6.79 Å². The van der Waals surface area contributed by atoms with Crippen LogP contribution in [0.5, 0.6) is 17.2 Å². The SMILES string of the molecule is COc1ccc([C@](C)(Nc2ccc3c(c2)OCO3)C(N)=O)cc1. The van der Waals surface area contributed by atoms with Crippen LogP contribution in [-0.2, 0) is 10.3 Å². The molecule has 1 aliphatic heterocycles. The number of nitrogens with one attached hydrogen (secondary N) is 1. The lowest BCUT2D eigenvalue weighted by molar-refractivity contribution is -0.122. The summed E-state index contributed by atoms with van der Waals surface area (Å²) in [5, 5.41) is 3.19. The smallest absolute Gasteiger partial charge is 0.247 e. The summed E-state index contributed by atoms with van der Waals surface area (Å²) in [5.74, 6) is 1.54. The summed E-state index contributed by atoms with van der Waals surface area (Å²) >= 11 is 0. The second kappa shape index (κ2) is 5.72. The Labute approximate surface area is 134 Å². The van der Waals surface area contributed by atoms with E-state index in [1.807, 2.05) is 18.2 Å². The van der Waals surface area contributed by atoms with Gasteiger partial charge in [0, 0.05) is 11.8 Å². The van der Waals surface area contributed by atoms with E-state index < -0.39 is 11.4 Å². The molecule has 3 rings (SSSR count). The number of benzene rings is 2. The molecule has 2 aromatic carbocycles. The number of nitrogens with two attached hydrogens (primary N) is 1. The zero-order chi connectivity index (χ0) is 16.4. The van der Waals surface area contributed by atoms with Crippen molar-refractivity contribution in [3.8, 4) is 17.2 Å². The van der Waals surface area contributed by atoms with E-state index in [1.165, 1.54) is 0 Å². The van der Waals surface area contributed by atoms with E-state index in [0.717, 1.165) is 5.56 Å². The minimum absolute atomic E-state index is 0.199. The number of ether oxygens (including phenoxy) is 3. The first-order chi connectivity index (χ1) is 11.0. The van der Waals surface area contributed by atoms with Crippen LogP contribution in [0.1, 0.15) is 12.5 Å². The highest BCUT2D eigenvalue weighted by Crippen LogP contribution is 2.36. The Morgan fingerprint density at radius 3 is 2.52 bits per heavy atom. The number of fused-ring (bicyclic) bond motifs is 1. The highest BCUT2D eigenvalue weighted by molar-refractivity contribution is 5.89. The van der Waals surface area contributed by atoms with Crippen LogP contribution in [0.3, 0.4) is 0 Å². The fourth-order valence-corrected chi connectivity index (χ4v) is 2.46. The number of amides is 1. The predicted molar refractivity (Wildman–Crippen MR) is 85.7 cm³/mol. The molecule has 0 saturated carbocycles. The van der Waals surface area contributed by atoms with E-state index in [2.05, 4.69) is 5.32 Å². The highest BCUT2D eigenvalue weighted by atomic mass is 16.7. The summed E-state index contributed by atoms with van der Waals surface area (Å²) in [7, 11) is 1.59. The van der Waals surface area contributed by atoms with Gasteiger partial charge < -0.3 is 25.3 Å². The van der Waals surface area contributed by atoms with E-state index in [9.17, 15) is 4.79 Å². The van der Waals surface area contributed by atoms with E-state index in [0.29, 0.717) is 22.9 Å². The Morgan fingerprint density at radius 1 is 1.17 bits per heavy atom. The van der Waals surface area contributed by atoms with Crippen molar-refractivity contribution in [2.24, 2.45) is 5.73 Å². The molecule has 2 aromatic rings. The van der Waals surface area contributed by atoms with Crippen molar-refractivity contribution in [3.63, 3.8) is 0 Å². The maximum atomic E-state index is 12.1. The van der Waals surface area contributed by atoms with Crippen LogP contribution >= 0.6 is 0 Å². The Balaban J connectivity index is 1.92. The first kappa shape index (κ1) is 15.0. The molecule has 0 saturated heterocycles. The Kier molecular flexibility index (Phi) is 3.73. The molecule has 1 heterocycles. The average Bonchev–Trinajstić information content (AvgIpc) is 3.02. The number of hydrogen-bond donors (Lipinski definition) is 2. The van der Waals surface area contributed by atoms with Gasteiger partial charge in [0.25, 0.3) is 0 Å². The highest BCUT2D eigenvalue weighted by Gasteiger charge is 2.33. The van der Waals surface area contributed by atoms with Gasteiger partial charge in [-0.1, -0.05) is 12.1 Å². The van der Waals surface area contributed by atoms with Crippen molar-refractivity contribution in [3.05, 3.63) is 48.0 Å². The number of carbonyl (C=O) groups is 1. The summed E-state index contributed by atoms with van der Waals surface area (Å²) in [6, 6.07) is 12.6. The molecule has 0 radical (unpaired) electrons. The molecule has 6 heteroatoms. The van der Waals surface area contributed by atoms with E-state index in [4.69, 9.17) is 19.9 Å². The van der Waals surface area contributed by atoms with Crippen LogP contribution < -0.4 is 25.3 Å². The summed E-state index contributed by atoms with van der Waals surface area (Å²) in [6.45, 7) is 1.94. The maximum Gasteiger partial charge on any atom is 0.247 e. The van der Waals surface area contributed by atoms with Crippen LogP contribution in [0.15, 0.2) is 42.5 Å². The van der Waals surface area contributed by atoms with Gasteiger partial charge in [-0.05, 0) is 36.8 Å². The maximum absolute atomic E-state index is 12.1. The molecule has 6 nitrogen and oxygen atoms in total. The number of rotatable bonds is 5. The van der Waals surface area contributed by atoms with Crippen molar-refractivity contribution >= 4 is 11.6 Å². The largest absolute Gasteiger partial charge is 0.497 e. The van der Waals surface area contributed by atoms with Gasteiger partial charge >= 0.3 is 0 Å². The summed E-state index contributed by atoms with van der Waals surface area (Å²) < 4.78 is 15.8. The average molecular weight is 314 g/mol. The summed E-state index contributed by atoms with van der Waals surface area (Å²) in [6.07, 6.45) is 0. The molecule has 3 N–H and O–H groups in total. The molecule has 1 aliphatic rings. The summed E-state index contributed by atoms with van der Waals surface area (Å²) in [5.41, 5.74) is 6.03. The zero-order valence-electron chi connectivity index (χ0n) is 13.0. The fourth-order valence-electron chi connectivity index (χ4n) is 2.46. The molecule has 0 unspecified atom stereocenters. The van der Waals surface area contributed by atoms with Gasteiger partial charge in [0.15, 0.2) is 11.5 Å². The molecule has 0 bridgehead atoms. The number of primary amides is 1.